The monoisotopic (exact) mass is 248 g/mol. The minimum atomic E-state index is -0.100. The second-order valence-electron chi connectivity index (χ2n) is 6.68. The molecule has 18 heavy (non-hydrogen) atoms. The van der Waals surface area contributed by atoms with Crippen molar-refractivity contribution in [3.63, 3.8) is 0 Å². The third-order valence-corrected chi connectivity index (χ3v) is 3.79. The Morgan fingerprint density at radius 2 is 1.83 bits per heavy atom. The first-order valence-corrected chi connectivity index (χ1v) is 7.22. The summed E-state index contributed by atoms with van der Waals surface area (Å²) in [4.78, 5) is 0. The van der Waals surface area contributed by atoms with E-state index in [0.29, 0.717) is 18.0 Å². The fourth-order valence-electron chi connectivity index (χ4n) is 2.83. The third kappa shape index (κ3) is 2.18. The highest BCUT2D eigenvalue weighted by atomic mass is 15.3. The molecule has 2 fully saturated rings. The first kappa shape index (κ1) is 12.2. The Kier molecular flexibility index (Phi) is 2.73. The maximum Gasteiger partial charge on any atom is 0.153 e. The summed E-state index contributed by atoms with van der Waals surface area (Å²) in [6, 6.07) is 1.12. The molecule has 0 aromatic carbocycles. The second kappa shape index (κ2) is 4.05. The molecule has 3 rings (SSSR count). The molecule has 1 heterocycles. The van der Waals surface area contributed by atoms with E-state index in [1.807, 2.05) is 0 Å². The molecule has 1 aromatic rings. The van der Waals surface area contributed by atoms with Gasteiger partial charge in [0, 0.05) is 18.0 Å². The summed E-state index contributed by atoms with van der Waals surface area (Å²) >= 11 is 0. The largest absolute Gasteiger partial charge is 0.310 e. The maximum absolute atomic E-state index is 4.51. The molecule has 0 amide bonds. The van der Waals surface area contributed by atoms with E-state index in [0.717, 1.165) is 5.82 Å². The van der Waals surface area contributed by atoms with Crippen LogP contribution in [0, 0.1) is 0 Å². The number of nitrogens with one attached hydrogen (secondary N) is 1. The molecule has 0 unspecified atom stereocenters. The molecule has 0 saturated heterocycles. The van der Waals surface area contributed by atoms with Crippen molar-refractivity contribution in [2.45, 2.75) is 76.9 Å². The van der Waals surface area contributed by atoms with Crippen molar-refractivity contribution >= 4 is 0 Å². The number of hydrogen-bond donors (Lipinski definition) is 1. The Bertz CT molecular complexity index is 439. The van der Waals surface area contributed by atoms with Crippen molar-refractivity contribution in [1.82, 2.24) is 20.1 Å². The molecular weight excluding hydrogens is 224 g/mol. The van der Waals surface area contributed by atoms with Crippen LogP contribution in [0.3, 0.4) is 0 Å². The number of nitrogens with zero attached hydrogens (tertiary/aromatic N) is 3. The molecule has 100 valence electrons. The van der Waals surface area contributed by atoms with Crippen LogP contribution in [0.4, 0.5) is 0 Å². The van der Waals surface area contributed by atoms with Gasteiger partial charge in [0.15, 0.2) is 5.82 Å². The van der Waals surface area contributed by atoms with Crippen LogP contribution in [0.25, 0.3) is 0 Å². The van der Waals surface area contributed by atoms with Crippen molar-refractivity contribution in [3.8, 4) is 0 Å². The lowest BCUT2D eigenvalue weighted by molar-refractivity contribution is 0.332. The number of rotatable bonds is 5. The molecule has 0 spiro atoms. The predicted molar refractivity (Wildman–Crippen MR) is 71.6 cm³/mol. The van der Waals surface area contributed by atoms with Gasteiger partial charge < -0.3 is 9.88 Å². The Hall–Kier alpha value is -0.900. The van der Waals surface area contributed by atoms with Gasteiger partial charge in [0.1, 0.15) is 5.82 Å². The standard InChI is InChI=1S/C14H24N4/c1-9(2)15-14(3,4)13-17-16-12(10-5-6-10)18(13)11-7-8-11/h9-11,15H,5-8H2,1-4H3. The van der Waals surface area contributed by atoms with E-state index in [9.17, 15) is 0 Å². The predicted octanol–water partition coefficient (Wildman–Crippen LogP) is 2.72. The molecule has 0 atom stereocenters. The second-order valence-corrected chi connectivity index (χ2v) is 6.68. The van der Waals surface area contributed by atoms with Gasteiger partial charge in [-0.15, -0.1) is 10.2 Å². The lowest BCUT2D eigenvalue weighted by atomic mass is 10.0. The van der Waals surface area contributed by atoms with Gasteiger partial charge in [0.25, 0.3) is 0 Å². The van der Waals surface area contributed by atoms with Gasteiger partial charge in [-0.25, -0.2) is 0 Å². The van der Waals surface area contributed by atoms with E-state index in [1.54, 1.807) is 0 Å². The number of hydrogen-bond acceptors (Lipinski definition) is 3. The third-order valence-electron chi connectivity index (χ3n) is 3.79. The van der Waals surface area contributed by atoms with E-state index in [1.165, 1.54) is 31.5 Å². The molecule has 0 radical (unpaired) electrons. The minimum Gasteiger partial charge on any atom is -0.310 e. The summed E-state index contributed by atoms with van der Waals surface area (Å²) in [7, 11) is 0. The van der Waals surface area contributed by atoms with Gasteiger partial charge >= 0.3 is 0 Å². The summed E-state index contributed by atoms with van der Waals surface area (Å²) in [5, 5.41) is 12.6. The molecule has 2 aliphatic carbocycles. The molecule has 0 aliphatic heterocycles. The van der Waals surface area contributed by atoms with Crippen LogP contribution in [0.1, 0.15) is 77.0 Å². The molecule has 1 N–H and O–H groups in total. The first-order chi connectivity index (χ1) is 8.49. The zero-order chi connectivity index (χ0) is 12.9. The van der Waals surface area contributed by atoms with Gasteiger partial charge in [0.2, 0.25) is 0 Å². The van der Waals surface area contributed by atoms with Crippen molar-refractivity contribution in [1.29, 1.82) is 0 Å². The van der Waals surface area contributed by atoms with E-state index >= 15 is 0 Å². The summed E-state index contributed by atoms with van der Waals surface area (Å²) in [5.74, 6) is 3.05. The summed E-state index contributed by atoms with van der Waals surface area (Å²) in [6.07, 6.45) is 5.18. The maximum atomic E-state index is 4.51. The molecule has 2 aliphatic rings. The topological polar surface area (TPSA) is 42.7 Å². The highest BCUT2D eigenvalue weighted by Gasteiger charge is 2.39. The fourth-order valence-corrected chi connectivity index (χ4v) is 2.83. The summed E-state index contributed by atoms with van der Waals surface area (Å²) in [6.45, 7) is 8.79. The van der Waals surface area contributed by atoms with Gasteiger partial charge in [-0.2, -0.15) is 0 Å². The fraction of sp³-hybridized carbons (Fsp3) is 0.857. The van der Waals surface area contributed by atoms with Crippen LogP contribution < -0.4 is 5.32 Å². The molecular formula is C14H24N4. The van der Waals surface area contributed by atoms with Crippen LogP contribution >= 0.6 is 0 Å². The minimum absolute atomic E-state index is 0.100. The molecule has 0 bridgehead atoms. The van der Waals surface area contributed by atoms with Gasteiger partial charge in [-0.1, -0.05) is 0 Å². The highest BCUT2D eigenvalue weighted by molar-refractivity contribution is 5.16. The molecule has 2 saturated carbocycles. The smallest absolute Gasteiger partial charge is 0.153 e. The van der Waals surface area contributed by atoms with E-state index in [4.69, 9.17) is 0 Å². The molecule has 4 heteroatoms. The van der Waals surface area contributed by atoms with Crippen LogP contribution in [0.5, 0.6) is 0 Å². The van der Waals surface area contributed by atoms with Crippen LogP contribution in [0.15, 0.2) is 0 Å². The van der Waals surface area contributed by atoms with Crippen LogP contribution in [-0.4, -0.2) is 20.8 Å². The first-order valence-electron chi connectivity index (χ1n) is 7.22. The lowest BCUT2D eigenvalue weighted by Gasteiger charge is -2.28. The van der Waals surface area contributed by atoms with Crippen molar-refractivity contribution in [3.05, 3.63) is 11.6 Å². The van der Waals surface area contributed by atoms with Gasteiger partial charge in [-0.05, 0) is 53.4 Å². The van der Waals surface area contributed by atoms with Gasteiger partial charge in [0.05, 0.1) is 5.54 Å². The summed E-state index contributed by atoms with van der Waals surface area (Å²) in [5.41, 5.74) is -0.100. The highest BCUT2D eigenvalue weighted by Crippen LogP contribution is 2.45. The van der Waals surface area contributed by atoms with Crippen LogP contribution in [0.2, 0.25) is 0 Å². The Morgan fingerprint density at radius 3 is 2.33 bits per heavy atom. The Balaban J connectivity index is 1.95. The average Bonchev–Trinajstić information content (AvgIpc) is 3.15. The molecule has 4 nitrogen and oxygen atoms in total. The van der Waals surface area contributed by atoms with E-state index in [2.05, 4.69) is 47.8 Å². The lowest BCUT2D eigenvalue weighted by Crippen LogP contribution is -2.43. The van der Waals surface area contributed by atoms with E-state index in [-0.39, 0.29) is 5.54 Å². The van der Waals surface area contributed by atoms with Crippen molar-refractivity contribution in [2.75, 3.05) is 0 Å². The van der Waals surface area contributed by atoms with Crippen molar-refractivity contribution in [2.24, 2.45) is 0 Å². The zero-order valence-corrected chi connectivity index (χ0v) is 11.9. The summed E-state index contributed by atoms with van der Waals surface area (Å²) < 4.78 is 2.44. The van der Waals surface area contributed by atoms with Crippen molar-refractivity contribution < 1.29 is 0 Å². The normalized spacial score (nSPS) is 20.7. The Labute approximate surface area is 109 Å². The quantitative estimate of drug-likeness (QED) is 0.871. The number of aromatic nitrogens is 3. The van der Waals surface area contributed by atoms with Gasteiger partial charge in [-0.3, -0.25) is 0 Å². The Morgan fingerprint density at radius 1 is 1.17 bits per heavy atom. The zero-order valence-electron chi connectivity index (χ0n) is 11.9. The van der Waals surface area contributed by atoms with E-state index < -0.39 is 0 Å². The molecule has 1 aromatic heterocycles. The van der Waals surface area contributed by atoms with Crippen LogP contribution in [-0.2, 0) is 5.54 Å². The average molecular weight is 248 g/mol. The SMILES string of the molecule is CC(C)NC(C)(C)c1nnc(C2CC2)n1C1CC1.